The number of aliphatic hydroxyl groups excluding tert-OH is 1. The number of imide groups is 1. The number of aliphatic hydroxyl groups is 1. The van der Waals surface area contributed by atoms with Crippen LogP contribution < -0.4 is 0 Å². The van der Waals surface area contributed by atoms with Crippen LogP contribution in [-0.2, 0) is 19.1 Å². The highest BCUT2D eigenvalue weighted by molar-refractivity contribution is 6.08. The molecule has 3 rings (SSSR count). The molecule has 102 valence electrons. The molecule has 0 aromatic rings. The Morgan fingerprint density at radius 1 is 1.37 bits per heavy atom. The number of carbonyl (C=O) groups is 3. The third kappa shape index (κ3) is 1.49. The second kappa shape index (κ2) is 4.16. The van der Waals surface area contributed by atoms with Crippen molar-refractivity contribution in [3.8, 4) is 0 Å². The summed E-state index contributed by atoms with van der Waals surface area (Å²) < 4.78 is 4.54. The van der Waals surface area contributed by atoms with Gasteiger partial charge in [0.2, 0.25) is 11.8 Å². The molecule has 0 unspecified atom stereocenters. The van der Waals surface area contributed by atoms with Gasteiger partial charge < -0.3 is 9.84 Å². The number of esters is 1. The summed E-state index contributed by atoms with van der Waals surface area (Å²) in [6.07, 6.45) is 4.79. The van der Waals surface area contributed by atoms with E-state index >= 15 is 0 Å². The first-order valence-corrected chi connectivity index (χ1v) is 6.34. The summed E-state index contributed by atoms with van der Waals surface area (Å²) in [6.45, 7) is -0.605. The fraction of sp³-hybridized carbons (Fsp3) is 0.615. The van der Waals surface area contributed by atoms with Crippen LogP contribution in [0.1, 0.15) is 6.42 Å². The molecule has 3 aliphatic rings. The van der Waals surface area contributed by atoms with E-state index in [1.165, 1.54) is 7.11 Å². The number of allylic oxidation sites excluding steroid dienone is 2. The van der Waals surface area contributed by atoms with Gasteiger partial charge in [-0.25, -0.2) is 4.79 Å². The molecule has 1 saturated heterocycles. The number of hydrogen-bond donors (Lipinski definition) is 1. The zero-order valence-electron chi connectivity index (χ0n) is 10.5. The number of hydrogen-bond acceptors (Lipinski definition) is 5. The second-order valence-electron chi connectivity index (χ2n) is 5.27. The van der Waals surface area contributed by atoms with E-state index in [1.807, 2.05) is 12.2 Å². The van der Waals surface area contributed by atoms with Gasteiger partial charge in [-0.1, -0.05) is 12.2 Å². The number of carbonyl (C=O) groups excluding carboxylic acids is 3. The average Bonchev–Trinajstić information content (AvgIpc) is 3.07. The lowest BCUT2D eigenvalue weighted by atomic mass is 9.85. The normalized spacial score (nSPS) is 36.8. The van der Waals surface area contributed by atoms with Crippen molar-refractivity contribution < 1.29 is 24.2 Å². The molecule has 2 aliphatic carbocycles. The molecular weight excluding hydrogens is 250 g/mol. The van der Waals surface area contributed by atoms with Gasteiger partial charge in [-0.15, -0.1) is 0 Å². The van der Waals surface area contributed by atoms with Gasteiger partial charge in [-0.2, -0.15) is 0 Å². The van der Waals surface area contributed by atoms with Gasteiger partial charge in [-0.3, -0.25) is 14.5 Å². The minimum atomic E-state index is -1.21. The van der Waals surface area contributed by atoms with E-state index in [0.29, 0.717) is 0 Å². The van der Waals surface area contributed by atoms with Gasteiger partial charge in [0.25, 0.3) is 0 Å². The van der Waals surface area contributed by atoms with Crippen LogP contribution in [-0.4, -0.2) is 47.5 Å². The zero-order valence-corrected chi connectivity index (χ0v) is 10.5. The minimum absolute atomic E-state index is 0.0911. The molecule has 2 fully saturated rings. The van der Waals surface area contributed by atoms with Crippen LogP contribution in [0.5, 0.6) is 0 Å². The van der Waals surface area contributed by atoms with Gasteiger partial charge in [0.15, 0.2) is 6.04 Å². The molecule has 6 nitrogen and oxygen atoms in total. The van der Waals surface area contributed by atoms with E-state index < -0.39 is 18.6 Å². The largest absolute Gasteiger partial charge is 0.467 e. The maximum absolute atomic E-state index is 12.4. The monoisotopic (exact) mass is 265 g/mol. The van der Waals surface area contributed by atoms with E-state index in [9.17, 15) is 19.5 Å². The molecule has 1 saturated carbocycles. The van der Waals surface area contributed by atoms with Crippen LogP contribution in [0.4, 0.5) is 0 Å². The number of amides is 2. The number of nitrogens with zero attached hydrogens (tertiary/aromatic N) is 1. The summed E-state index contributed by atoms with van der Waals surface area (Å²) in [5.41, 5.74) is 0. The van der Waals surface area contributed by atoms with Crippen molar-refractivity contribution in [1.29, 1.82) is 0 Å². The molecule has 1 heterocycles. The molecule has 5 atom stereocenters. The molecule has 2 amide bonds. The molecule has 2 bridgehead atoms. The van der Waals surface area contributed by atoms with E-state index in [2.05, 4.69) is 4.74 Å². The first-order chi connectivity index (χ1) is 9.10. The topological polar surface area (TPSA) is 83.9 Å². The summed E-state index contributed by atoms with van der Waals surface area (Å²) in [6, 6.07) is -1.21. The number of likely N-dealkylation sites (tertiary alicyclic amines) is 1. The van der Waals surface area contributed by atoms with Crippen LogP contribution >= 0.6 is 0 Å². The highest BCUT2D eigenvalue weighted by Crippen LogP contribution is 2.52. The second-order valence-corrected chi connectivity index (χ2v) is 5.27. The van der Waals surface area contributed by atoms with Crippen LogP contribution in [0.2, 0.25) is 0 Å². The summed E-state index contributed by atoms with van der Waals surface area (Å²) in [5, 5.41) is 9.27. The van der Waals surface area contributed by atoms with Gasteiger partial charge in [0.1, 0.15) is 0 Å². The maximum Gasteiger partial charge on any atom is 0.331 e. The molecule has 0 aromatic heterocycles. The molecule has 19 heavy (non-hydrogen) atoms. The highest BCUT2D eigenvalue weighted by atomic mass is 16.5. The van der Waals surface area contributed by atoms with Gasteiger partial charge in [0, 0.05) is 0 Å². The van der Waals surface area contributed by atoms with Crippen molar-refractivity contribution in [2.24, 2.45) is 23.7 Å². The molecule has 0 radical (unpaired) electrons. The average molecular weight is 265 g/mol. The Labute approximate surface area is 110 Å². The Bertz CT molecular complexity index is 455. The van der Waals surface area contributed by atoms with E-state index in [4.69, 9.17) is 0 Å². The lowest BCUT2D eigenvalue weighted by Crippen LogP contribution is -2.48. The Balaban J connectivity index is 1.91. The first-order valence-electron chi connectivity index (χ1n) is 6.34. The van der Waals surface area contributed by atoms with Crippen molar-refractivity contribution >= 4 is 17.8 Å². The predicted octanol–water partition coefficient (Wildman–Crippen LogP) is -0.673. The van der Waals surface area contributed by atoms with Gasteiger partial charge in [-0.05, 0) is 18.3 Å². The summed E-state index contributed by atoms with van der Waals surface area (Å²) in [4.78, 5) is 37.2. The van der Waals surface area contributed by atoms with Crippen molar-refractivity contribution in [1.82, 2.24) is 4.90 Å². The van der Waals surface area contributed by atoms with E-state index in [-0.39, 0.29) is 35.5 Å². The van der Waals surface area contributed by atoms with Gasteiger partial charge in [0.05, 0.1) is 25.6 Å². The molecular formula is C13H15NO5. The minimum Gasteiger partial charge on any atom is -0.467 e. The SMILES string of the molecule is COC(=O)[C@H](CO)N1C(=O)[C@@H]2[C@H](C1=O)[C@@H]1C=C[C@H]2C1. The van der Waals surface area contributed by atoms with Crippen LogP contribution in [0.25, 0.3) is 0 Å². The Morgan fingerprint density at radius 3 is 2.32 bits per heavy atom. The van der Waals surface area contributed by atoms with Crippen LogP contribution in [0, 0.1) is 23.7 Å². The Hall–Kier alpha value is -1.69. The summed E-state index contributed by atoms with van der Waals surface area (Å²) in [5.74, 6) is -2.00. The first kappa shape index (κ1) is 12.3. The van der Waals surface area contributed by atoms with E-state index in [0.717, 1.165) is 11.3 Å². The summed E-state index contributed by atoms with van der Waals surface area (Å²) >= 11 is 0. The van der Waals surface area contributed by atoms with E-state index in [1.54, 1.807) is 0 Å². The molecule has 0 spiro atoms. The lowest BCUT2D eigenvalue weighted by molar-refractivity contribution is -0.159. The van der Waals surface area contributed by atoms with Crippen LogP contribution in [0.15, 0.2) is 12.2 Å². The zero-order chi connectivity index (χ0) is 13.7. The maximum atomic E-state index is 12.4. The fourth-order valence-corrected chi connectivity index (χ4v) is 3.63. The van der Waals surface area contributed by atoms with Crippen LogP contribution in [0.3, 0.4) is 0 Å². The summed E-state index contributed by atoms with van der Waals surface area (Å²) in [7, 11) is 1.17. The molecule has 1 aliphatic heterocycles. The predicted molar refractivity (Wildman–Crippen MR) is 62.5 cm³/mol. The number of rotatable bonds is 3. The molecule has 1 N–H and O–H groups in total. The standard InChI is InChI=1S/C13H15NO5/c1-19-13(18)8(5-15)14-11(16)9-6-2-3-7(4-6)10(9)12(14)17/h2-3,6-10,15H,4-5H2,1H3/t6-,7+,8-,9-,10+/m0/s1. The Morgan fingerprint density at radius 2 is 1.89 bits per heavy atom. The van der Waals surface area contributed by atoms with Crippen molar-refractivity contribution in [2.45, 2.75) is 12.5 Å². The Kier molecular flexibility index (Phi) is 2.70. The van der Waals surface area contributed by atoms with Crippen molar-refractivity contribution in [3.05, 3.63) is 12.2 Å². The lowest BCUT2D eigenvalue weighted by Gasteiger charge is -2.23. The number of fused-ring (bicyclic) bond motifs is 5. The number of methoxy groups -OCH3 is 1. The van der Waals surface area contributed by atoms with Crippen molar-refractivity contribution in [3.63, 3.8) is 0 Å². The quantitative estimate of drug-likeness (QED) is 0.415. The highest BCUT2D eigenvalue weighted by Gasteiger charge is 2.61. The number of ether oxygens (including phenoxy) is 1. The fourth-order valence-electron chi connectivity index (χ4n) is 3.63. The van der Waals surface area contributed by atoms with Gasteiger partial charge >= 0.3 is 5.97 Å². The smallest absolute Gasteiger partial charge is 0.331 e. The third-order valence-electron chi connectivity index (χ3n) is 4.46. The van der Waals surface area contributed by atoms with Crippen molar-refractivity contribution in [2.75, 3.05) is 13.7 Å². The molecule has 0 aromatic carbocycles. The molecule has 6 heteroatoms. The third-order valence-corrected chi connectivity index (χ3v) is 4.46.